The molecule has 22 heavy (non-hydrogen) atoms. The lowest BCUT2D eigenvalue weighted by molar-refractivity contribution is 0.352. The number of aromatic nitrogens is 1. The number of H-pyrrole nitrogens is 1. The van der Waals surface area contributed by atoms with E-state index in [4.69, 9.17) is 4.74 Å². The minimum absolute atomic E-state index is 0.885. The first-order valence-electron chi connectivity index (χ1n) is 7.85. The molecule has 3 nitrogen and oxygen atoms in total. The summed E-state index contributed by atoms with van der Waals surface area (Å²) >= 11 is 0. The molecule has 112 valence electrons. The quantitative estimate of drug-likeness (QED) is 0.773. The summed E-state index contributed by atoms with van der Waals surface area (Å²) in [7, 11) is 2.19. The minimum Gasteiger partial charge on any atom is -0.457 e. The van der Waals surface area contributed by atoms with Crippen LogP contribution in [0.2, 0.25) is 0 Å². The fourth-order valence-corrected chi connectivity index (χ4v) is 3.24. The van der Waals surface area contributed by atoms with E-state index in [0.29, 0.717) is 0 Å². The Hall–Kier alpha value is -2.26. The number of nitrogens with zero attached hydrogens (tertiary/aromatic N) is 1. The van der Waals surface area contributed by atoms with Gasteiger partial charge in [-0.15, -0.1) is 0 Å². The highest BCUT2D eigenvalue weighted by Gasteiger charge is 2.19. The van der Waals surface area contributed by atoms with Crippen molar-refractivity contribution in [2.45, 2.75) is 12.8 Å². The molecule has 2 aromatic carbocycles. The Kier molecular flexibility index (Phi) is 3.35. The number of aromatic amines is 1. The van der Waals surface area contributed by atoms with Gasteiger partial charge in [-0.25, -0.2) is 0 Å². The predicted molar refractivity (Wildman–Crippen MR) is 89.7 cm³/mol. The van der Waals surface area contributed by atoms with Crippen LogP contribution in [0.5, 0.6) is 11.5 Å². The number of benzene rings is 2. The summed E-state index contributed by atoms with van der Waals surface area (Å²) in [5, 5.41) is 1.25. The van der Waals surface area contributed by atoms with Crippen LogP contribution in [0.1, 0.15) is 11.3 Å². The van der Waals surface area contributed by atoms with Crippen molar-refractivity contribution in [3.8, 4) is 11.5 Å². The predicted octanol–water partition coefficient (Wildman–Crippen LogP) is 3.99. The van der Waals surface area contributed by atoms with Crippen molar-refractivity contribution < 1.29 is 4.74 Å². The lowest BCUT2D eigenvalue weighted by Crippen LogP contribution is -2.21. The highest BCUT2D eigenvalue weighted by molar-refractivity contribution is 5.91. The zero-order valence-electron chi connectivity index (χ0n) is 12.8. The van der Waals surface area contributed by atoms with Crippen molar-refractivity contribution >= 4 is 10.9 Å². The summed E-state index contributed by atoms with van der Waals surface area (Å²) in [4.78, 5) is 5.99. The third kappa shape index (κ3) is 2.38. The average molecular weight is 292 g/mol. The summed E-state index contributed by atoms with van der Waals surface area (Å²) in [6.07, 6.45) is 2.15. The first-order valence-corrected chi connectivity index (χ1v) is 7.85. The van der Waals surface area contributed by atoms with E-state index in [-0.39, 0.29) is 0 Å². The van der Waals surface area contributed by atoms with Gasteiger partial charge in [-0.3, -0.25) is 0 Å². The van der Waals surface area contributed by atoms with E-state index in [0.717, 1.165) is 37.4 Å². The second kappa shape index (κ2) is 5.50. The number of hydrogen-bond donors (Lipinski definition) is 1. The van der Waals surface area contributed by atoms with Crippen LogP contribution in [-0.4, -0.2) is 30.0 Å². The number of fused-ring (bicyclic) bond motifs is 3. The normalized spacial score (nSPS) is 15.5. The van der Waals surface area contributed by atoms with Gasteiger partial charge >= 0.3 is 0 Å². The first kappa shape index (κ1) is 13.4. The molecular weight excluding hydrogens is 272 g/mol. The molecule has 1 aliphatic heterocycles. The largest absolute Gasteiger partial charge is 0.457 e. The summed E-state index contributed by atoms with van der Waals surface area (Å²) in [5.41, 5.74) is 3.97. The first-order chi connectivity index (χ1) is 10.8. The van der Waals surface area contributed by atoms with Crippen LogP contribution in [0.15, 0.2) is 48.5 Å². The van der Waals surface area contributed by atoms with Crippen LogP contribution in [0.25, 0.3) is 10.9 Å². The zero-order chi connectivity index (χ0) is 14.9. The molecule has 0 bridgehead atoms. The van der Waals surface area contributed by atoms with E-state index in [1.807, 2.05) is 30.3 Å². The van der Waals surface area contributed by atoms with Gasteiger partial charge in [0.25, 0.3) is 0 Å². The van der Waals surface area contributed by atoms with Crippen molar-refractivity contribution in [2.24, 2.45) is 0 Å². The summed E-state index contributed by atoms with van der Waals surface area (Å²) in [6.45, 7) is 2.20. The van der Waals surface area contributed by atoms with Crippen LogP contribution >= 0.6 is 0 Å². The van der Waals surface area contributed by atoms with Crippen LogP contribution in [0.4, 0.5) is 0 Å². The Bertz CT molecular complexity index is 792. The van der Waals surface area contributed by atoms with E-state index in [2.05, 4.69) is 35.1 Å². The Labute approximate surface area is 130 Å². The second-order valence-corrected chi connectivity index (χ2v) is 5.98. The maximum absolute atomic E-state index is 6.15. The van der Waals surface area contributed by atoms with Gasteiger partial charge in [0.1, 0.15) is 11.5 Å². The van der Waals surface area contributed by atoms with Crippen molar-refractivity contribution in [3.05, 3.63) is 59.8 Å². The number of hydrogen-bond acceptors (Lipinski definition) is 2. The van der Waals surface area contributed by atoms with Crippen molar-refractivity contribution in [1.82, 2.24) is 9.88 Å². The SMILES string of the molecule is CN1CCc2[nH]c3cccc(Oc4ccccc4)c3c2CC1. The molecule has 0 unspecified atom stereocenters. The minimum atomic E-state index is 0.885. The highest BCUT2D eigenvalue weighted by Crippen LogP contribution is 2.35. The van der Waals surface area contributed by atoms with E-state index in [1.54, 1.807) is 0 Å². The van der Waals surface area contributed by atoms with E-state index >= 15 is 0 Å². The zero-order valence-corrected chi connectivity index (χ0v) is 12.8. The van der Waals surface area contributed by atoms with Crippen LogP contribution in [0, 0.1) is 0 Å². The highest BCUT2D eigenvalue weighted by atomic mass is 16.5. The van der Waals surface area contributed by atoms with Gasteiger partial charge in [0.05, 0.1) is 0 Å². The number of likely N-dealkylation sites (N-methyl/N-ethyl adjacent to an activating group) is 1. The third-order valence-electron chi connectivity index (χ3n) is 4.44. The second-order valence-electron chi connectivity index (χ2n) is 5.98. The lowest BCUT2D eigenvalue weighted by Gasteiger charge is -2.12. The molecule has 1 aromatic heterocycles. The topological polar surface area (TPSA) is 28.3 Å². The number of para-hydroxylation sites is 1. The van der Waals surface area contributed by atoms with Gasteiger partial charge in [0.15, 0.2) is 0 Å². The molecule has 1 aliphatic rings. The molecule has 3 aromatic rings. The summed E-state index contributed by atoms with van der Waals surface area (Å²) in [6, 6.07) is 16.3. The van der Waals surface area contributed by atoms with Gasteiger partial charge < -0.3 is 14.6 Å². The molecule has 0 saturated heterocycles. The molecule has 3 heteroatoms. The standard InChI is InChI=1S/C19H20N2O/c1-21-12-10-15-16(11-13-21)20-17-8-5-9-18(19(15)17)22-14-6-3-2-4-7-14/h2-9,20H,10-13H2,1H3. The maximum Gasteiger partial charge on any atom is 0.137 e. The van der Waals surface area contributed by atoms with Gasteiger partial charge in [0, 0.05) is 36.1 Å². The van der Waals surface area contributed by atoms with Gasteiger partial charge in [-0.1, -0.05) is 24.3 Å². The summed E-state index contributed by atoms with van der Waals surface area (Å²) in [5.74, 6) is 1.83. The molecule has 2 heterocycles. The maximum atomic E-state index is 6.15. The fourth-order valence-electron chi connectivity index (χ4n) is 3.24. The molecule has 0 amide bonds. The van der Waals surface area contributed by atoms with E-state index in [1.165, 1.54) is 22.2 Å². The van der Waals surface area contributed by atoms with Crippen molar-refractivity contribution in [1.29, 1.82) is 0 Å². The van der Waals surface area contributed by atoms with E-state index < -0.39 is 0 Å². The molecule has 4 rings (SSSR count). The molecule has 0 atom stereocenters. The number of nitrogens with one attached hydrogen (secondary N) is 1. The molecular formula is C19H20N2O. The summed E-state index contributed by atoms with van der Waals surface area (Å²) < 4.78 is 6.15. The Morgan fingerprint density at radius 2 is 1.77 bits per heavy atom. The molecule has 0 aliphatic carbocycles. The Morgan fingerprint density at radius 3 is 2.64 bits per heavy atom. The van der Waals surface area contributed by atoms with E-state index in [9.17, 15) is 0 Å². The monoisotopic (exact) mass is 292 g/mol. The number of rotatable bonds is 2. The average Bonchev–Trinajstić information content (AvgIpc) is 2.81. The Morgan fingerprint density at radius 1 is 0.955 bits per heavy atom. The van der Waals surface area contributed by atoms with Gasteiger partial charge in [-0.05, 0) is 43.3 Å². The molecule has 0 fully saturated rings. The van der Waals surface area contributed by atoms with Crippen LogP contribution in [-0.2, 0) is 12.8 Å². The molecule has 0 spiro atoms. The van der Waals surface area contributed by atoms with Crippen molar-refractivity contribution in [3.63, 3.8) is 0 Å². The van der Waals surface area contributed by atoms with Crippen molar-refractivity contribution in [2.75, 3.05) is 20.1 Å². The molecule has 1 N–H and O–H groups in total. The van der Waals surface area contributed by atoms with Gasteiger partial charge in [0.2, 0.25) is 0 Å². The lowest BCUT2D eigenvalue weighted by atomic mass is 10.1. The van der Waals surface area contributed by atoms with Crippen LogP contribution in [0.3, 0.4) is 0 Å². The fraction of sp³-hybridized carbons (Fsp3) is 0.263. The third-order valence-corrected chi connectivity index (χ3v) is 4.44. The van der Waals surface area contributed by atoms with Gasteiger partial charge in [-0.2, -0.15) is 0 Å². The Balaban J connectivity index is 1.80. The molecule has 0 saturated carbocycles. The van der Waals surface area contributed by atoms with Crippen LogP contribution < -0.4 is 4.74 Å². The number of ether oxygens (including phenoxy) is 1. The molecule has 0 radical (unpaired) electrons. The smallest absolute Gasteiger partial charge is 0.137 e.